The summed E-state index contributed by atoms with van der Waals surface area (Å²) in [5, 5.41) is 0. The van der Waals surface area contributed by atoms with Gasteiger partial charge in [0, 0.05) is 0 Å². The Labute approximate surface area is 89.4 Å². The van der Waals surface area contributed by atoms with Gasteiger partial charge < -0.3 is 0 Å². The van der Waals surface area contributed by atoms with Crippen LogP contribution in [0.4, 0.5) is 0 Å². The van der Waals surface area contributed by atoms with Crippen LogP contribution in [0.5, 0.6) is 0 Å². The highest BCUT2D eigenvalue weighted by molar-refractivity contribution is 5.09. The van der Waals surface area contributed by atoms with Crippen LogP contribution in [-0.4, -0.2) is 0 Å². The summed E-state index contributed by atoms with van der Waals surface area (Å²) in [5.41, 5.74) is 1.45. The van der Waals surface area contributed by atoms with Gasteiger partial charge in [-0.25, -0.2) is 0 Å². The van der Waals surface area contributed by atoms with Crippen molar-refractivity contribution in [2.45, 2.75) is 47.0 Å². The zero-order chi connectivity index (χ0) is 10.8. The number of allylic oxidation sites excluding steroid dienone is 6. The second kappa shape index (κ2) is 8.80. The summed E-state index contributed by atoms with van der Waals surface area (Å²) in [5.74, 6) is 0.709. The van der Waals surface area contributed by atoms with Crippen molar-refractivity contribution < 1.29 is 0 Å². The first-order chi connectivity index (χ1) is 6.70. The first-order valence-electron chi connectivity index (χ1n) is 5.65. The molecule has 0 aromatic rings. The van der Waals surface area contributed by atoms with E-state index >= 15 is 0 Å². The van der Waals surface area contributed by atoms with Gasteiger partial charge >= 0.3 is 0 Å². The van der Waals surface area contributed by atoms with E-state index in [1.54, 1.807) is 0 Å². The monoisotopic (exact) mass is 192 g/mol. The number of hydrogen-bond donors (Lipinski definition) is 0. The minimum absolute atomic E-state index is 0.709. The van der Waals surface area contributed by atoms with Gasteiger partial charge in [0.25, 0.3) is 0 Å². The van der Waals surface area contributed by atoms with Crippen LogP contribution in [0, 0.1) is 5.92 Å². The lowest BCUT2D eigenvalue weighted by atomic mass is 10.1. The largest absolute Gasteiger partial charge is 0.0914 e. The van der Waals surface area contributed by atoms with Crippen molar-refractivity contribution in [3.63, 3.8) is 0 Å². The predicted molar refractivity (Wildman–Crippen MR) is 66.4 cm³/mol. The zero-order valence-corrected chi connectivity index (χ0v) is 10.1. The Morgan fingerprint density at radius 2 is 2.07 bits per heavy atom. The smallest absolute Gasteiger partial charge is 0.0259 e. The van der Waals surface area contributed by atoms with Gasteiger partial charge in [-0.15, -0.1) is 0 Å². The maximum absolute atomic E-state index is 2.26. The highest BCUT2D eigenvalue weighted by atomic mass is 14.0. The summed E-state index contributed by atoms with van der Waals surface area (Å²) >= 11 is 0. The molecule has 0 heterocycles. The third-order valence-electron chi connectivity index (χ3n) is 2.38. The molecule has 0 amide bonds. The maximum Gasteiger partial charge on any atom is -0.0259 e. The molecule has 0 aliphatic heterocycles. The lowest BCUT2D eigenvalue weighted by molar-refractivity contribution is 0.657. The SMILES string of the molecule is C/C=C/[C@H](C)CC/C=C\C=C(\C)CC. The van der Waals surface area contributed by atoms with E-state index in [1.165, 1.54) is 18.4 Å². The average Bonchev–Trinajstić information content (AvgIpc) is 2.17. The first kappa shape index (κ1) is 13.2. The lowest BCUT2D eigenvalue weighted by Crippen LogP contribution is -1.86. The fourth-order valence-corrected chi connectivity index (χ4v) is 1.23. The number of hydrogen-bond acceptors (Lipinski definition) is 0. The van der Waals surface area contributed by atoms with Crippen LogP contribution < -0.4 is 0 Å². The standard InChI is InChI=1S/C14H24/c1-5-10-14(4)12-9-7-8-11-13(3)6-2/h5,7-8,10-11,14H,6,9,12H2,1-4H3/b8-7-,10-5+,13-11-/t14-/m0/s1. The molecule has 0 spiro atoms. The molecular weight excluding hydrogens is 168 g/mol. The van der Waals surface area contributed by atoms with Crippen molar-refractivity contribution >= 4 is 0 Å². The van der Waals surface area contributed by atoms with Crippen molar-refractivity contribution in [2.75, 3.05) is 0 Å². The predicted octanol–water partition coefficient (Wildman–Crippen LogP) is 4.89. The minimum atomic E-state index is 0.709. The number of rotatable bonds is 6. The molecule has 14 heavy (non-hydrogen) atoms. The Bertz CT molecular complexity index is 206. The van der Waals surface area contributed by atoms with E-state index in [1.807, 2.05) is 0 Å². The summed E-state index contributed by atoms with van der Waals surface area (Å²) in [6.45, 7) is 8.71. The summed E-state index contributed by atoms with van der Waals surface area (Å²) in [7, 11) is 0. The quantitative estimate of drug-likeness (QED) is 0.415. The molecule has 0 rings (SSSR count). The maximum atomic E-state index is 2.26. The molecule has 0 aliphatic carbocycles. The Morgan fingerprint density at radius 1 is 1.36 bits per heavy atom. The van der Waals surface area contributed by atoms with Gasteiger partial charge in [-0.1, -0.05) is 49.8 Å². The Morgan fingerprint density at radius 3 is 2.64 bits per heavy atom. The molecule has 0 N–H and O–H groups in total. The van der Waals surface area contributed by atoms with Gasteiger partial charge in [0.15, 0.2) is 0 Å². The molecule has 1 atom stereocenters. The Balaban J connectivity index is 3.63. The second-order valence-electron chi connectivity index (χ2n) is 3.88. The fourth-order valence-electron chi connectivity index (χ4n) is 1.23. The van der Waals surface area contributed by atoms with Gasteiger partial charge in [0.1, 0.15) is 0 Å². The van der Waals surface area contributed by atoms with Crippen LogP contribution in [-0.2, 0) is 0 Å². The van der Waals surface area contributed by atoms with Crippen molar-refractivity contribution in [3.05, 3.63) is 36.0 Å². The molecule has 0 aliphatic rings. The van der Waals surface area contributed by atoms with E-state index in [4.69, 9.17) is 0 Å². The molecule has 0 aromatic heterocycles. The highest BCUT2D eigenvalue weighted by Gasteiger charge is 1.92. The van der Waals surface area contributed by atoms with E-state index < -0.39 is 0 Å². The van der Waals surface area contributed by atoms with E-state index in [0.29, 0.717) is 5.92 Å². The van der Waals surface area contributed by atoms with E-state index in [-0.39, 0.29) is 0 Å². The van der Waals surface area contributed by atoms with Gasteiger partial charge in [0.2, 0.25) is 0 Å². The van der Waals surface area contributed by atoms with Crippen molar-refractivity contribution in [3.8, 4) is 0 Å². The van der Waals surface area contributed by atoms with Crippen molar-refractivity contribution in [1.82, 2.24) is 0 Å². The lowest BCUT2D eigenvalue weighted by Gasteiger charge is -2.01. The minimum Gasteiger partial charge on any atom is -0.0914 e. The van der Waals surface area contributed by atoms with E-state index in [0.717, 1.165) is 6.42 Å². The van der Waals surface area contributed by atoms with Gasteiger partial charge in [-0.3, -0.25) is 0 Å². The van der Waals surface area contributed by atoms with Gasteiger partial charge in [0.05, 0.1) is 0 Å². The summed E-state index contributed by atoms with van der Waals surface area (Å²) in [6.07, 6.45) is 14.6. The van der Waals surface area contributed by atoms with E-state index in [2.05, 4.69) is 58.1 Å². The van der Waals surface area contributed by atoms with Crippen LogP contribution in [0.3, 0.4) is 0 Å². The van der Waals surface area contributed by atoms with Crippen molar-refractivity contribution in [1.29, 1.82) is 0 Å². The molecule has 0 saturated heterocycles. The first-order valence-corrected chi connectivity index (χ1v) is 5.65. The fraction of sp³-hybridized carbons (Fsp3) is 0.571. The third-order valence-corrected chi connectivity index (χ3v) is 2.38. The van der Waals surface area contributed by atoms with Crippen LogP contribution in [0.15, 0.2) is 36.0 Å². The van der Waals surface area contributed by atoms with Crippen LogP contribution in [0.1, 0.15) is 47.0 Å². The molecule has 0 heteroatoms. The molecule has 0 aromatic carbocycles. The zero-order valence-electron chi connectivity index (χ0n) is 10.1. The summed E-state index contributed by atoms with van der Waals surface area (Å²) in [6, 6.07) is 0. The highest BCUT2D eigenvalue weighted by Crippen LogP contribution is 2.07. The van der Waals surface area contributed by atoms with E-state index in [9.17, 15) is 0 Å². The molecule has 0 saturated carbocycles. The Kier molecular flexibility index (Phi) is 8.31. The molecule has 0 fully saturated rings. The molecule has 0 unspecified atom stereocenters. The summed E-state index contributed by atoms with van der Waals surface area (Å²) in [4.78, 5) is 0. The molecule has 0 radical (unpaired) electrons. The Hall–Kier alpha value is -0.780. The van der Waals surface area contributed by atoms with Crippen LogP contribution in [0.25, 0.3) is 0 Å². The molecular formula is C14H24. The second-order valence-corrected chi connectivity index (χ2v) is 3.88. The topological polar surface area (TPSA) is 0 Å². The van der Waals surface area contributed by atoms with Crippen LogP contribution in [0.2, 0.25) is 0 Å². The van der Waals surface area contributed by atoms with Gasteiger partial charge in [-0.2, -0.15) is 0 Å². The summed E-state index contributed by atoms with van der Waals surface area (Å²) < 4.78 is 0. The molecule has 0 nitrogen and oxygen atoms in total. The normalized spacial score (nSPS) is 15.6. The van der Waals surface area contributed by atoms with Gasteiger partial charge in [-0.05, 0) is 39.0 Å². The van der Waals surface area contributed by atoms with Crippen LogP contribution >= 0.6 is 0 Å². The average molecular weight is 192 g/mol. The third kappa shape index (κ3) is 7.85. The molecule has 80 valence electrons. The molecule has 0 bridgehead atoms. The van der Waals surface area contributed by atoms with Crippen molar-refractivity contribution in [2.24, 2.45) is 5.92 Å².